The summed E-state index contributed by atoms with van der Waals surface area (Å²) in [7, 11) is 0. The van der Waals surface area contributed by atoms with Gasteiger partial charge >= 0.3 is 0 Å². The summed E-state index contributed by atoms with van der Waals surface area (Å²) in [6.07, 6.45) is 0. The maximum Gasteiger partial charge on any atom is 0.0774 e. The Hall–Kier alpha value is -0.120. The molecule has 0 aliphatic rings. The van der Waals surface area contributed by atoms with Crippen molar-refractivity contribution in [3.8, 4) is 0 Å². The largest absolute Gasteiger partial charge is 0.374 e. The first-order valence-corrected chi connectivity index (χ1v) is 5.26. The van der Waals surface area contributed by atoms with Crippen LogP contribution in [0, 0.1) is 5.92 Å². The second-order valence-corrected chi connectivity index (χ2v) is 5.43. The van der Waals surface area contributed by atoms with Crippen molar-refractivity contribution in [2.75, 3.05) is 6.61 Å². The van der Waals surface area contributed by atoms with E-state index in [-0.39, 0.29) is 17.2 Å². The lowest BCUT2D eigenvalue weighted by Gasteiger charge is -2.34. The Morgan fingerprint density at radius 3 is 1.86 bits per heavy atom. The molecule has 0 fully saturated rings. The zero-order valence-electron chi connectivity index (χ0n) is 10.4. The highest BCUT2D eigenvalue weighted by Crippen LogP contribution is 2.19. The lowest BCUT2D eigenvalue weighted by molar-refractivity contribution is -0.0537. The normalized spacial score (nSPS) is 18.0. The van der Waals surface area contributed by atoms with Crippen LogP contribution in [-0.4, -0.2) is 23.8 Å². The van der Waals surface area contributed by atoms with E-state index in [1.165, 1.54) is 0 Å². The first-order valence-electron chi connectivity index (χ1n) is 5.26. The number of ether oxygens (including phenoxy) is 1. The van der Waals surface area contributed by atoms with E-state index in [1.807, 2.05) is 34.6 Å². The molecular formula is C11H26N2O. The Bertz CT molecular complexity index is 171. The Kier molecular flexibility index (Phi) is 4.56. The molecule has 0 aliphatic carbocycles. The zero-order chi connectivity index (χ0) is 11.6. The monoisotopic (exact) mass is 202 g/mol. The second kappa shape index (κ2) is 4.60. The fourth-order valence-electron chi connectivity index (χ4n) is 0.686. The molecule has 0 heterocycles. The number of hydrogen-bond acceptors (Lipinski definition) is 3. The molecule has 2 unspecified atom stereocenters. The van der Waals surface area contributed by atoms with Crippen LogP contribution >= 0.6 is 0 Å². The van der Waals surface area contributed by atoms with E-state index in [9.17, 15) is 0 Å². The standard InChI is InChI=1S/C11H26N2O/c1-8(10(3,4)13)7-14-11(5,6)9(2)12/h8-9H,7,12-13H2,1-6H3. The van der Waals surface area contributed by atoms with Crippen LogP contribution in [0.1, 0.15) is 41.5 Å². The number of nitrogens with two attached hydrogens (primary N) is 2. The summed E-state index contributed by atoms with van der Waals surface area (Å²) in [5, 5.41) is 0. The number of rotatable bonds is 5. The van der Waals surface area contributed by atoms with Crippen molar-refractivity contribution in [1.29, 1.82) is 0 Å². The van der Waals surface area contributed by atoms with Gasteiger partial charge in [0, 0.05) is 11.6 Å². The van der Waals surface area contributed by atoms with Gasteiger partial charge in [-0.3, -0.25) is 0 Å². The maximum absolute atomic E-state index is 5.97. The minimum absolute atomic E-state index is 0.0237. The van der Waals surface area contributed by atoms with Gasteiger partial charge in [0.25, 0.3) is 0 Å². The molecule has 0 saturated carbocycles. The molecule has 0 saturated heterocycles. The summed E-state index contributed by atoms with van der Waals surface area (Å²) in [6, 6.07) is 0.0237. The van der Waals surface area contributed by atoms with Crippen molar-refractivity contribution in [3.63, 3.8) is 0 Å². The van der Waals surface area contributed by atoms with E-state index in [0.717, 1.165) is 0 Å². The Morgan fingerprint density at radius 1 is 1.14 bits per heavy atom. The van der Waals surface area contributed by atoms with E-state index < -0.39 is 0 Å². The second-order valence-electron chi connectivity index (χ2n) is 5.43. The molecule has 0 aliphatic heterocycles. The minimum Gasteiger partial charge on any atom is -0.374 e. The summed E-state index contributed by atoms with van der Waals surface area (Å²) in [4.78, 5) is 0. The van der Waals surface area contributed by atoms with Gasteiger partial charge in [0.15, 0.2) is 0 Å². The molecule has 3 nitrogen and oxygen atoms in total. The molecule has 3 heteroatoms. The minimum atomic E-state index is -0.278. The molecule has 0 aromatic rings. The molecule has 0 rings (SSSR count). The molecule has 14 heavy (non-hydrogen) atoms. The molecule has 2 atom stereocenters. The van der Waals surface area contributed by atoms with Crippen LogP contribution in [0.2, 0.25) is 0 Å². The van der Waals surface area contributed by atoms with Crippen molar-refractivity contribution >= 4 is 0 Å². The highest BCUT2D eigenvalue weighted by atomic mass is 16.5. The van der Waals surface area contributed by atoms with Gasteiger partial charge < -0.3 is 16.2 Å². The average molecular weight is 202 g/mol. The smallest absolute Gasteiger partial charge is 0.0774 e. The molecule has 0 bridgehead atoms. The molecule has 0 aromatic heterocycles. The first-order chi connectivity index (χ1) is 6.07. The SMILES string of the molecule is CC(COC(C)(C)C(C)N)C(C)(C)N. The average Bonchev–Trinajstić information content (AvgIpc) is 1.98. The molecule has 0 spiro atoms. The first kappa shape index (κ1) is 13.9. The van der Waals surface area contributed by atoms with E-state index in [1.54, 1.807) is 0 Å². The third-order valence-electron chi connectivity index (χ3n) is 3.07. The van der Waals surface area contributed by atoms with Crippen LogP contribution in [-0.2, 0) is 4.74 Å². The van der Waals surface area contributed by atoms with Gasteiger partial charge in [0.2, 0.25) is 0 Å². The highest BCUT2D eigenvalue weighted by molar-refractivity contribution is 4.82. The van der Waals surface area contributed by atoms with Crippen LogP contribution in [0.5, 0.6) is 0 Å². The zero-order valence-corrected chi connectivity index (χ0v) is 10.4. The summed E-state index contributed by atoms with van der Waals surface area (Å²) in [5.74, 6) is 0.320. The van der Waals surface area contributed by atoms with Gasteiger partial charge in [0.1, 0.15) is 0 Å². The van der Waals surface area contributed by atoms with Crippen LogP contribution in [0.3, 0.4) is 0 Å². The lowest BCUT2D eigenvalue weighted by atomic mass is 9.90. The maximum atomic E-state index is 5.97. The quantitative estimate of drug-likeness (QED) is 0.710. The third-order valence-corrected chi connectivity index (χ3v) is 3.07. The summed E-state index contributed by atoms with van der Waals surface area (Å²) >= 11 is 0. The van der Waals surface area contributed by atoms with E-state index in [2.05, 4.69) is 6.92 Å². The van der Waals surface area contributed by atoms with Crippen molar-refractivity contribution in [1.82, 2.24) is 0 Å². The third kappa shape index (κ3) is 4.40. The van der Waals surface area contributed by atoms with Gasteiger partial charge in [-0.1, -0.05) is 6.92 Å². The molecular weight excluding hydrogens is 176 g/mol. The summed E-state index contributed by atoms with van der Waals surface area (Å²) in [5.41, 5.74) is 11.3. The Labute approximate surface area is 88.2 Å². The van der Waals surface area contributed by atoms with Gasteiger partial charge in [-0.25, -0.2) is 0 Å². The van der Waals surface area contributed by atoms with E-state index in [4.69, 9.17) is 16.2 Å². The Morgan fingerprint density at radius 2 is 1.57 bits per heavy atom. The topological polar surface area (TPSA) is 61.3 Å². The Balaban J connectivity index is 4.07. The number of hydrogen-bond donors (Lipinski definition) is 2. The van der Waals surface area contributed by atoms with Gasteiger partial charge in [0.05, 0.1) is 12.2 Å². The van der Waals surface area contributed by atoms with Crippen molar-refractivity contribution in [2.24, 2.45) is 17.4 Å². The van der Waals surface area contributed by atoms with Crippen LogP contribution < -0.4 is 11.5 Å². The summed E-state index contributed by atoms with van der Waals surface area (Å²) in [6.45, 7) is 12.7. The molecule has 0 aromatic carbocycles. The fraction of sp³-hybridized carbons (Fsp3) is 1.00. The fourth-order valence-corrected chi connectivity index (χ4v) is 0.686. The van der Waals surface area contributed by atoms with Crippen LogP contribution in [0.25, 0.3) is 0 Å². The van der Waals surface area contributed by atoms with Crippen molar-refractivity contribution in [2.45, 2.75) is 58.7 Å². The predicted octanol–water partition coefficient (Wildman–Crippen LogP) is 1.50. The van der Waals surface area contributed by atoms with Crippen LogP contribution in [0.15, 0.2) is 0 Å². The van der Waals surface area contributed by atoms with E-state index >= 15 is 0 Å². The van der Waals surface area contributed by atoms with Crippen LogP contribution in [0.4, 0.5) is 0 Å². The molecule has 0 amide bonds. The van der Waals surface area contributed by atoms with Gasteiger partial charge in [-0.05, 0) is 40.5 Å². The molecule has 86 valence electrons. The summed E-state index contributed by atoms with van der Waals surface area (Å²) < 4.78 is 5.77. The van der Waals surface area contributed by atoms with Gasteiger partial charge in [-0.2, -0.15) is 0 Å². The lowest BCUT2D eigenvalue weighted by Crippen LogP contribution is -2.47. The predicted molar refractivity (Wildman–Crippen MR) is 61.1 cm³/mol. The highest BCUT2D eigenvalue weighted by Gasteiger charge is 2.27. The van der Waals surface area contributed by atoms with Gasteiger partial charge in [-0.15, -0.1) is 0 Å². The van der Waals surface area contributed by atoms with E-state index in [0.29, 0.717) is 12.5 Å². The van der Waals surface area contributed by atoms with Crippen molar-refractivity contribution < 1.29 is 4.74 Å². The van der Waals surface area contributed by atoms with Crippen molar-refractivity contribution in [3.05, 3.63) is 0 Å². The molecule has 4 N–H and O–H groups in total. The molecule has 0 radical (unpaired) electrons.